The van der Waals surface area contributed by atoms with Crippen molar-refractivity contribution in [2.45, 2.75) is 64.5 Å². The van der Waals surface area contributed by atoms with Crippen molar-refractivity contribution in [2.75, 3.05) is 49.1 Å². The molecule has 2 amide bonds. The maximum absolute atomic E-state index is 13.6. The predicted molar refractivity (Wildman–Crippen MR) is 219 cm³/mol. The lowest BCUT2D eigenvalue weighted by molar-refractivity contribution is -0.135. The van der Waals surface area contributed by atoms with E-state index < -0.39 is 0 Å². The van der Waals surface area contributed by atoms with Crippen LogP contribution in [-0.4, -0.2) is 80.8 Å². The summed E-state index contributed by atoms with van der Waals surface area (Å²) in [7, 11) is 0. The Kier molecular flexibility index (Phi) is 9.28. The van der Waals surface area contributed by atoms with Crippen molar-refractivity contribution in [3.8, 4) is 11.1 Å². The van der Waals surface area contributed by atoms with Gasteiger partial charge in [-0.1, -0.05) is 62.4 Å². The summed E-state index contributed by atoms with van der Waals surface area (Å²) in [6, 6.07) is 31.9. The van der Waals surface area contributed by atoms with Crippen molar-refractivity contribution in [2.24, 2.45) is 5.92 Å². The van der Waals surface area contributed by atoms with Crippen LogP contribution < -0.4 is 9.80 Å². The van der Waals surface area contributed by atoms with Crippen molar-refractivity contribution >= 4 is 45.3 Å². The van der Waals surface area contributed by atoms with Crippen LogP contribution in [0.5, 0.6) is 0 Å². The zero-order valence-electron chi connectivity index (χ0n) is 32.0. The third-order valence-corrected chi connectivity index (χ3v) is 12.1. The highest BCUT2D eigenvalue weighted by Crippen LogP contribution is 2.36. The van der Waals surface area contributed by atoms with Gasteiger partial charge in [-0.25, -0.2) is 9.97 Å². The van der Waals surface area contributed by atoms with Crippen molar-refractivity contribution in [3.05, 3.63) is 108 Å². The lowest BCUT2D eigenvalue weighted by Gasteiger charge is -2.37. The second kappa shape index (κ2) is 14.5. The lowest BCUT2D eigenvalue weighted by atomic mass is 9.99. The largest absolute Gasteiger partial charge is 0.368 e. The molecule has 9 rings (SSSR count). The second-order valence-electron chi connectivity index (χ2n) is 15.9. The SMILES string of the molecule is CC(C)C(=O)N1CCC[C@H]1c1nc2ccc(-c3ccc(N4CCN(c5ccc6nc([C@@H]7CCCN7C(=O)[C@H](C)c7ccccc7)[nH]c6c5)CC4)cc3)cc2[nH]1. The Hall–Kier alpha value is -5.64. The quantitative estimate of drug-likeness (QED) is 0.163. The molecule has 0 unspecified atom stereocenters. The molecular weight excluding hydrogens is 685 g/mol. The highest BCUT2D eigenvalue weighted by atomic mass is 16.2. The molecule has 2 N–H and O–H groups in total. The molecule has 3 saturated heterocycles. The number of rotatable bonds is 8. The van der Waals surface area contributed by atoms with Crippen LogP contribution >= 0.6 is 0 Å². The fourth-order valence-corrected chi connectivity index (χ4v) is 8.92. The number of aromatic nitrogens is 4. The predicted octanol–water partition coefficient (Wildman–Crippen LogP) is 8.22. The topological polar surface area (TPSA) is 104 Å². The van der Waals surface area contributed by atoms with Crippen LogP contribution in [0.1, 0.15) is 81.7 Å². The molecule has 0 aliphatic carbocycles. The molecule has 282 valence electrons. The molecule has 3 aliphatic heterocycles. The third kappa shape index (κ3) is 6.72. The zero-order chi connectivity index (χ0) is 37.6. The third-order valence-electron chi connectivity index (χ3n) is 12.1. The lowest BCUT2D eigenvalue weighted by Crippen LogP contribution is -2.46. The van der Waals surface area contributed by atoms with Gasteiger partial charge in [0, 0.05) is 56.6 Å². The van der Waals surface area contributed by atoms with Gasteiger partial charge >= 0.3 is 0 Å². The standard InChI is InChI=1S/C45H50N8O2/c1-29(2)44(54)52-21-7-11-40(52)42-46-36-19-15-33(27-38(36)48-42)32-13-16-34(17-14-32)50-23-25-51(26-24-50)35-18-20-37-39(28-35)49-43(47-37)41-12-8-22-53(41)45(55)30(3)31-9-5-4-6-10-31/h4-6,9-10,13-20,27-30,40-41H,7-8,11-12,21-26H2,1-3H3,(H,46,48)(H,47,49)/t30-,40+,41+/m1/s1. The average molecular weight is 735 g/mol. The number of H-pyrrole nitrogens is 2. The fraction of sp³-hybridized carbons (Fsp3) is 0.378. The van der Waals surface area contributed by atoms with Gasteiger partial charge < -0.3 is 29.6 Å². The van der Waals surface area contributed by atoms with Gasteiger partial charge in [-0.2, -0.15) is 0 Å². The van der Waals surface area contributed by atoms with E-state index >= 15 is 0 Å². The summed E-state index contributed by atoms with van der Waals surface area (Å²) in [5.41, 5.74) is 9.69. The number of anilines is 2. The van der Waals surface area contributed by atoms with Crippen LogP contribution in [-0.2, 0) is 9.59 Å². The van der Waals surface area contributed by atoms with Gasteiger partial charge in [-0.3, -0.25) is 9.59 Å². The number of fused-ring (bicyclic) bond motifs is 2. The van der Waals surface area contributed by atoms with E-state index in [1.54, 1.807) is 0 Å². The molecule has 0 bridgehead atoms. The summed E-state index contributed by atoms with van der Waals surface area (Å²) in [4.78, 5) is 52.4. The fourth-order valence-electron chi connectivity index (χ4n) is 8.92. The first-order chi connectivity index (χ1) is 26.8. The molecule has 6 aromatic rings. The number of aromatic amines is 2. The summed E-state index contributed by atoms with van der Waals surface area (Å²) in [5.74, 6) is 1.94. The number of nitrogens with one attached hydrogen (secondary N) is 2. The van der Waals surface area contributed by atoms with E-state index in [0.717, 1.165) is 110 Å². The molecule has 0 spiro atoms. The Morgan fingerprint density at radius 3 is 1.75 bits per heavy atom. The Balaban J connectivity index is 0.837. The molecule has 3 aliphatic rings. The van der Waals surface area contributed by atoms with Gasteiger partial charge in [-0.05, 0) is 91.8 Å². The first kappa shape index (κ1) is 35.1. The number of likely N-dealkylation sites (tertiary alicyclic amines) is 2. The molecule has 0 saturated carbocycles. The number of carbonyl (C=O) groups is 2. The van der Waals surface area contributed by atoms with Crippen LogP contribution in [0.25, 0.3) is 33.2 Å². The minimum absolute atomic E-state index is 0.0147. The number of carbonyl (C=O) groups excluding carboxylic acids is 2. The number of nitrogens with zero attached hydrogens (tertiary/aromatic N) is 6. The van der Waals surface area contributed by atoms with Gasteiger partial charge in [0.05, 0.1) is 40.1 Å². The molecule has 55 heavy (non-hydrogen) atoms. The summed E-state index contributed by atoms with van der Waals surface area (Å²) < 4.78 is 0. The van der Waals surface area contributed by atoms with Crippen molar-refractivity contribution in [1.29, 1.82) is 0 Å². The van der Waals surface area contributed by atoms with E-state index in [0.29, 0.717) is 0 Å². The molecular formula is C45H50N8O2. The Morgan fingerprint density at radius 1 is 0.600 bits per heavy atom. The molecule has 2 aromatic heterocycles. The number of hydrogen-bond acceptors (Lipinski definition) is 6. The highest BCUT2D eigenvalue weighted by Gasteiger charge is 2.35. The summed E-state index contributed by atoms with van der Waals surface area (Å²) in [6.07, 6.45) is 3.86. The van der Waals surface area contributed by atoms with E-state index in [1.807, 2.05) is 60.9 Å². The minimum atomic E-state index is -0.182. The van der Waals surface area contributed by atoms with Gasteiger partial charge in [0.1, 0.15) is 11.6 Å². The van der Waals surface area contributed by atoms with Crippen LogP contribution in [0.3, 0.4) is 0 Å². The number of amides is 2. The molecule has 3 atom stereocenters. The van der Waals surface area contributed by atoms with E-state index in [-0.39, 0.29) is 35.7 Å². The number of hydrogen-bond donors (Lipinski definition) is 2. The maximum atomic E-state index is 13.6. The molecule has 10 heteroatoms. The van der Waals surface area contributed by atoms with E-state index in [9.17, 15) is 9.59 Å². The Labute approximate surface area is 322 Å². The van der Waals surface area contributed by atoms with Crippen LogP contribution in [0.15, 0.2) is 91.0 Å². The average Bonchev–Trinajstić information content (AvgIpc) is 4.05. The van der Waals surface area contributed by atoms with Crippen LogP contribution in [0, 0.1) is 5.92 Å². The van der Waals surface area contributed by atoms with E-state index in [2.05, 4.69) is 80.4 Å². The van der Waals surface area contributed by atoms with Crippen LogP contribution in [0.2, 0.25) is 0 Å². The van der Waals surface area contributed by atoms with Gasteiger partial charge in [-0.15, -0.1) is 0 Å². The number of imidazole rings is 2. The van der Waals surface area contributed by atoms with Crippen molar-refractivity contribution in [1.82, 2.24) is 29.7 Å². The first-order valence-electron chi connectivity index (χ1n) is 20.1. The van der Waals surface area contributed by atoms with Gasteiger partial charge in [0.2, 0.25) is 11.8 Å². The summed E-state index contributed by atoms with van der Waals surface area (Å²) >= 11 is 0. The Morgan fingerprint density at radius 2 is 1.13 bits per heavy atom. The van der Waals surface area contributed by atoms with Crippen LogP contribution in [0.4, 0.5) is 11.4 Å². The number of benzene rings is 4. The highest BCUT2D eigenvalue weighted by molar-refractivity contribution is 5.85. The zero-order valence-corrected chi connectivity index (χ0v) is 32.0. The second-order valence-corrected chi connectivity index (χ2v) is 15.9. The van der Waals surface area contributed by atoms with Crippen molar-refractivity contribution < 1.29 is 9.59 Å². The molecule has 3 fully saturated rings. The van der Waals surface area contributed by atoms with Gasteiger partial charge in [0.25, 0.3) is 0 Å². The molecule has 5 heterocycles. The first-order valence-corrected chi connectivity index (χ1v) is 20.1. The van der Waals surface area contributed by atoms with Crippen molar-refractivity contribution in [3.63, 3.8) is 0 Å². The number of piperazine rings is 1. The summed E-state index contributed by atoms with van der Waals surface area (Å²) in [6.45, 7) is 11.2. The Bertz CT molecular complexity index is 2320. The van der Waals surface area contributed by atoms with E-state index in [4.69, 9.17) is 9.97 Å². The molecule has 10 nitrogen and oxygen atoms in total. The maximum Gasteiger partial charge on any atom is 0.230 e. The molecule has 4 aromatic carbocycles. The molecule has 0 radical (unpaired) electrons. The smallest absolute Gasteiger partial charge is 0.230 e. The van der Waals surface area contributed by atoms with Gasteiger partial charge in [0.15, 0.2) is 0 Å². The normalized spacial score (nSPS) is 19.6. The minimum Gasteiger partial charge on any atom is -0.368 e. The monoisotopic (exact) mass is 734 g/mol. The summed E-state index contributed by atoms with van der Waals surface area (Å²) in [5, 5.41) is 0. The van der Waals surface area contributed by atoms with E-state index in [1.165, 1.54) is 16.9 Å².